The third-order valence-electron chi connectivity index (χ3n) is 1.74. The molecule has 0 spiro atoms. The van der Waals surface area contributed by atoms with Crippen LogP contribution in [-0.4, -0.2) is 30.8 Å². The van der Waals surface area contributed by atoms with Crippen LogP contribution in [0.4, 0.5) is 0 Å². The molecule has 0 heterocycles. The number of nitrogens with two attached hydrogens (primary N) is 1. The molecular weight excluding hydrogens is 196 g/mol. The number of hydrogen-bond donors (Lipinski definition) is 2. The first-order valence-electron chi connectivity index (χ1n) is 5.16. The van der Waals surface area contributed by atoms with Crippen molar-refractivity contribution < 1.29 is 14.3 Å². The van der Waals surface area contributed by atoms with Crippen LogP contribution in [0.25, 0.3) is 0 Å². The first-order valence-corrected chi connectivity index (χ1v) is 5.16. The molecule has 0 rings (SSSR count). The minimum absolute atomic E-state index is 0.179. The van der Waals surface area contributed by atoms with Crippen LogP contribution in [-0.2, 0) is 14.3 Å². The van der Waals surface area contributed by atoms with Gasteiger partial charge < -0.3 is 9.47 Å². The summed E-state index contributed by atoms with van der Waals surface area (Å²) in [5.41, 5.74) is 1.89. The molecule has 1 amide bonds. The van der Waals surface area contributed by atoms with Gasteiger partial charge in [0, 0.05) is 0 Å². The van der Waals surface area contributed by atoms with E-state index in [0.29, 0.717) is 19.6 Å². The molecule has 0 aromatic carbocycles. The average molecular weight is 218 g/mol. The quantitative estimate of drug-likeness (QED) is 0.296. The lowest BCUT2D eigenvalue weighted by atomic mass is 10.2. The fourth-order valence-corrected chi connectivity index (χ4v) is 1.01. The summed E-state index contributed by atoms with van der Waals surface area (Å²) in [6.07, 6.45) is 0.108. The molecule has 1 atom stereocenters. The third-order valence-corrected chi connectivity index (χ3v) is 1.74. The predicted octanol–water partition coefficient (Wildman–Crippen LogP) is 0.587. The molecule has 0 radical (unpaired) electrons. The highest BCUT2D eigenvalue weighted by Gasteiger charge is 2.16. The normalized spacial score (nSPS) is 13.7. The van der Waals surface area contributed by atoms with Crippen molar-refractivity contribution in [3.63, 3.8) is 0 Å². The maximum atomic E-state index is 11.1. The van der Waals surface area contributed by atoms with Crippen LogP contribution in [0.1, 0.15) is 34.1 Å². The molecule has 3 N–H and O–H groups in total. The molecule has 5 heteroatoms. The van der Waals surface area contributed by atoms with Crippen molar-refractivity contribution in [3.8, 4) is 0 Å². The molecule has 5 nitrogen and oxygen atoms in total. The smallest absolute Gasteiger partial charge is 0.262 e. The van der Waals surface area contributed by atoms with Crippen LogP contribution >= 0.6 is 0 Å². The first-order chi connectivity index (χ1) is 6.90. The van der Waals surface area contributed by atoms with Crippen molar-refractivity contribution >= 4 is 5.91 Å². The van der Waals surface area contributed by atoms with Crippen LogP contribution in [0.5, 0.6) is 0 Å². The summed E-state index contributed by atoms with van der Waals surface area (Å²) >= 11 is 0. The van der Waals surface area contributed by atoms with Gasteiger partial charge in [-0.1, -0.05) is 6.92 Å². The highest BCUT2D eigenvalue weighted by Crippen LogP contribution is 2.06. The van der Waals surface area contributed by atoms with Gasteiger partial charge in [0.2, 0.25) is 0 Å². The number of carbonyl (C=O) groups excluding carboxylic acids is 1. The summed E-state index contributed by atoms with van der Waals surface area (Å²) in [5, 5.41) is 0. The molecule has 1 unspecified atom stereocenters. The molecule has 0 fully saturated rings. The Labute approximate surface area is 91.3 Å². The monoisotopic (exact) mass is 218 g/mol. The van der Waals surface area contributed by atoms with E-state index in [1.165, 1.54) is 0 Å². The van der Waals surface area contributed by atoms with Gasteiger partial charge in [0.1, 0.15) is 6.10 Å². The highest BCUT2D eigenvalue weighted by atomic mass is 16.5. The molecule has 0 aromatic rings. The summed E-state index contributed by atoms with van der Waals surface area (Å²) in [6.45, 7) is 8.64. The SMILES string of the molecule is CCC(OCCOC(C)(C)C)C(=O)NN. The zero-order chi connectivity index (χ0) is 11.9. The van der Waals surface area contributed by atoms with E-state index in [-0.39, 0.29) is 11.5 Å². The second kappa shape index (κ2) is 6.76. The molecule has 90 valence electrons. The van der Waals surface area contributed by atoms with Crippen LogP contribution in [0.15, 0.2) is 0 Å². The lowest BCUT2D eigenvalue weighted by molar-refractivity contribution is -0.135. The van der Waals surface area contributed by atoms with Gasteiger partial charge in [-0.05, 0) is 27.2 Å². The van der Waals surface area contributed by atoms with Crippen LogP contribution in [0, 0.1) is 0 Å². The number of hydrazine groups is 1. The zero-order valence-corrected chi connectivity index (χ0v) is 10.0. The molecule has 0 aliphatic carbocycles. The van der Waals surface area contributed by atoms with Gasteiger partial charge in [0.25, 0.3) is 5.91 Å². The molecule has 0 saturated carbocycles. The van der Waals surface area contributed by atoms with E-state index in [1.807, 2.05) is 27.7 Å². The van der Waals surface area contributed by atoms with Gasteiger partial charge in [0.05, 0.1) is 18.8 Å². The second-order valence-corrected chi connectivity index (χ2v) is 4.24. The summed E-state index contributed by atoms with van der Waals surface area (Å²) in [6, 6.07) is 0. The Bertz CT molecular complexity index is 190. The Hall–Kier alpha value is -0.650. The standard InChI is InChI=1S/C10H22N2O3/c1-5-8(9(13)12-11)14-6-7-15-10(2,3)4/h8H,5-7,11H2,1-4H3,(H,12,13). The number of rotatable bonds is 6. The molecule has 0 bridgehead atoms. The van der Waals surface area contributed by atoms with Gasteiger partial charge >= 0.3 is 0 Å². The summed E-state index contributed by atoms with van der Waals surface area (Å²) in [5.74, 6) is 4.71. The largest absolute Gasteiger partial charge is 0.373 e. The minimum Gasteiger partial charge on any atom is -0.373 e. The van der Waals surface area contributed by atoms with Crippen molar-refractivity contribution in [2.24, 2.45) is 5.84 Å². The molecule has 0 aliphatic rings. The number of ether oxygens (including phenoxy) is 2. The van der Waals surface area contributed by atoms with E-state index in [4.69, 9.17) is 15.3 Å². The number of amides is 1. The lowest BCUT2D eigenvalue weighted by Crippen LogP contribution is -2.40. The van der Waals surface area contributed by atoms with Crippen LogP contribution < -0.4 is 11.3 Å². The number of hydrogen-bond acceptors (Lipinski definition) is 4. The Morgan fingerprint density at radius 2 is 2.00 bits per heavy atom. The Morgan fingerprint density at radius 1 is 1.40 bits per heavy atom. The van der Waals surface area contributed by atoms with E-state index < -0.39 is 6.10 Å². The van der Waals surface area contributed by atoms with E-state index in [9.17, 15) is 4.79 Å². The lowest BCUT2D eigenvalue weighted by Gasteiger charge is -2.20. The van der Waals surface area contributed by atoms with Crippen LogP contribution in [0.2, 0.25) is 0 Å². The average Bonchev–Trinajstić information content (AvgIpc) is 2.15. The number of nitrogens with one attached hydrogen (secondary N) is 1. The molecule has 0 aliphatic heterocycles. The van der Waals surface area contributed by atoms with Crippen molar-refractivity contribution in [3.05, 3.63) is 0 Å². The van der Waals surface area contributed by atoms with Crippen molar-refractivity contribution in [1.82, 2.24) is 5.43 Å². The van der Waals surface area contributed by atoms with Crippen molar-refractivity contribution in [1.29, 1.82) is 0 Å². The molecule has 15 heavy (non-hydrogen) atoms. The second-order valence-electron chi connectivity index (χ2n) is 4.24. The number of carbonyl (C=O) groups is 1. The third kappa shape index (κ3) is 7.30. The van der Waals surface area contributed by atoms with E-state index in [2.05, 4.69) is 5.43 Å². The summed E-state index contributed by atoms with van der Waals surface area (Å²) in [7, 11) is 0. The van der Waals surface area contributed by atoms with E-state index >= 15 is 0 Å². The van der Waals surface area contributed by atoms with Gasteiger partial charge in [-0.2, -0.15) is 0 Å². The first kappa shape index (κ1) is 14.3. The maximum Gasteiger partial charge on any atom is 0.262 e. The topological polar surface area (TPSA) is 73.6 Å². The summed E-state index contributed by atoms with van der Waals surface area (Å²) < 4.78 is 10.8. The fourth-order valence-electron chi connectivity index (χ4n) is 1.01. The Morgan fingerprint density at radius 3 is 2.40 bits per heavy atom. The van der Waals surface area contributed by atoms with E-state index in [1.54, 1.807) is 0 Å². The van der Waals surface area contributed by atoms with Crippen LogP contribution in [0.3, 0.4) is 0 Å². The molecular formula is C10H22N2O3. The summed E-state index contributed by atoms with van der Waals surface area (Å²) in [4.78, 5) is 11.1. The predicted molar refractivity (Wildman–Crippen MR) is 58.1 cm³/mol. The molecule has 0 aromatic heterocycles. The Kier molecular flexibility index (Phi) is 6.47. The highest BCUT2D eigenvalue weighted by molar-refractivity contribution is 5.79. The van der Waals surface area contributed by atoms with Gasteiger partial charge in [-0.25, -0.2) is 5.84 Å². The minimum atomic E-state index is -0.487. The fraction of sp³-hybridized carbons (Fsp3) is 0.900. The van der Waals surface area contributed by atoms with Crippen molar-refractivity contribution in [2.75, 3.05) is 13.2 Å². The van der Waals surface area contributed by atoms with Crippen molar-refractivity contribution in [2.45, 2.75) is 45.8 Å². The Balaban J connectivity index is 3.69. The van der Waals surface area contributed by atoms with E-state index in [0.717, 1.165) is 0 Å². The van der Waals surface area contributed by atoms with Gasteiger partial charge in [0.15, 0.2) is 0 Å². The maximum absolute atomic E-state index is 11.1. The zero-order valence-electron chi connectivity index (χ0n) is 10.0. The van der Waals surface area contributed by atoms with Gasteiger partial charge in [-0.15, -0.1) is 0 Å². The van der Waals surface area contributed by atoms with Gasteiger partial charge in [-0.3, -0.25) is 10.2 Å². The molecule has 0 saturated heterocycles.